The molecule has 1 amide bonds. The van der Waals surface area contributed by atoms with Gasteiger partial charge in [-0.25, -0.2) is 4.98 Å². The second-order valence-corrected chi connectivity index (χ2v) is 5.86. The highest BCUT2D eigenvalue weighted by atomic mass is 16.1. The molecule has 0 unspecified atom stereocenters. The van der Waals surface area contributed by atoms with Crippen LogP contribution < -0.4 is 5.32 Å². The first kappa shape index (κ1) is 15.9. The topological polar surface area (TPSA) is 101 Å². The molecule has 130 valence electrons. The fraction of sp³-hybridized carbons (Fsp3) is 0.167. The lowest BCUT2D eigenvalue weighted by Gasteiger charge is -2.06. The average molecular weight is 347 g/mol. The summed E-state index contributed by atoms with van der Waals surface area (Å²) in [6.07, 6.45) is 5.18. The van der Waals surface area contributed by atoms with Gasteiger partial charge in [-0.1, -0.05) is 18.2 Å². The molecule has 1 aromatic carbocycles. The van der Waals surface area contributed by atoms with Crippen molar-refractivity contribution in [2.75, 3.05) is 5.32 Å². The number of carbonyl (C=O) groups excluding carboxylic acids is 1. The first-order chi connectivity index (χ1) is 12.8. The van der Waals surface area contributed by atoms with E-state index in [1.54, 1.807) is 0 Å². The Hall–Kier alpha value is -3.55. The van der Waals surface area contributed by atoms with Gasteiger partial charge in [0.1, 0.15) is 12.2 Å². The molecule has 8 heteroatoms. The number of hydrogen-bond acceptors (Lipinski definition) is 5. The minimum Gasteiger partial charge on any atom is -0.326 e. The number of anilines is 1. The van der Waals surface area contributed by atoms with Gasteiger partial charge in [0.2, 0.25) is 5.91 Å². The van der Waals surface area contributed by atoms with Crippen LogP contribution in [0.25, 0.3) is 17.0 Å². The van der Waals surface area contributed by atoms with Crippen LogP contribution in [0, 0.1) is 0 Å². The van der Waals surface area contributed by atoms with E-state index in [0.717, 1.165) is 22.7 Å². The van der Waals surface area contributed by atoms with Crippen LogP contribution in [-0.2, 0) is 11.2 Å². The standard InChI is InChI=1S/C18H17N7O/c26-17(9-4-8-16-23-22-15-7-1-2-10-25(15)16)21-14-6-3-5-13(11-14)18-19-12-20-24-18/h1-3,5-7,10-12H,4,8-9H2,(H,21,26)(H,19,20,24). The monoisotopic (exact) mass is 347 g/mol. The lowest BCUT2D eigenvalue weighted by atomic mass is 10.1. The molecule has 0 spiro atoms. The summed E-state index contributed by atoms with van der Waals surface area (Å²) in [5, 5.41) is 17.9. The van der Waals surface area contributed by atoms with E-state index in [9.17, 15) is 4.79 Å². The number of aryl methyl sites for hydroxylation is 1. The molecular formula is C18H17N7O. The maximum absolute atomic E-state index is 12.2. The van der Waals surface area contributed by atoms with Crippen LogP contribution in [0.2, 0.25) is 0 Å². The van der Waals surface area contributed by atoms with Crippen LogP contribution >= 0.6 is 0 Å². The summed E-state index contributed by atoms with van der Waals surface area (Å²) in [5.41, 5.74) is 2.42. The molecule has 3 aromatic heterocycles. The third-order valence-corrected chi connectivity index (χ3v) is 4.02. The number of nitrogens with zero attached hydrogens (tertiary/aromatic N) is 5. The van der Waals surface area contributed by atoms with Gasteiger partial charge >= 0.3 is 0 Å². The number of rotatable bonds is 6. The molecule has 0 aliphatic carbocycles. The van der Waals surface area contributed by atoms with Gasteiger partial charge in [-0.3, -0.25) is 14.3 Å². The number of aromatic nitrogens is 6. The summed E-state index contributed by atoms with van der Waals surface area (Å²) in [5.74, 6) is 1.49. The molecule has 0 aliphatic heterocycles. The Morgan fingerprint density at radius 3 is 3.00 bits per heavy atom. The molecule has 26 heavy (non-hydrogen) atoms. The number of H-pyrrole nitrogens is 1. The van der Waals surface area contributed by atoms with Gasteiger partial charge in [-0.2, -0.15) is 5.10 Å². The number of fused-ring (bicyclic) bond motifs is 1. The molecule has 0 aliphatic rings. The Kier molecular flexibility index (Phi) is 4.38. The molecule has 0 radical (unpaired) electrons. The molecule has 0 saturated carbocycles. The minimum atomic E-state index is -0.0338. The molecule has 4 aromatic rings. The van der Waals surface area contributed by atoms with Crippen molar-refractivity contribution in [1.82, 2.24) is 29.8 Å². The second kappa shape index (κ2) is 7.14. The number of benzene rings is 1. The Bertz CT molecular complexity index is 1020. The molecule has 4 rings (SSSR count). The van der Waals surface area contributed by atoms with Gasteiger partial charge in [0.15, 0.2) is 11.5 Å². The predicted molar refractivity (Wildman–Crippen MR) is 96.4 cm³/mol. The molecule has 0 fully saturated rings. The largest absolute Gasteiger partial charge is 0.326 e. The first-order valence-electron chi connectivity index (χ1n) is 8.34. The number of hydrogen-bond donors (Lipinski definition) is 2. The summed E-state index contributed by atoms with van der Waals surface area (Å²) >= 11 is 0. The van der Waals surface area contributed by atoms with E-state index in [4.69, 9.17) is 0 Å². The van der Waals surface area contributed by atoms with Crippen LogP contribution in [0.15, 0.2) is 55.0 Å². The van der Waals surface area contributed by atoms with Crippen molar-refractivity contribution < 1.29 is 4.79 Å². The third-order valence-electron chi connectivity index (χ3n) is 4.02. The zero-order valence-corrected chi connectivity index (χ0v) is 14.0. The molecular weight excluding hydrogens is 330 g/mol. The van der Waals surface area contributed by atoms with Gasteiger partial charge in [-0.15, -0.1) is 10.2 Å². The Balaban J connectivity index is 1.34. The Morgan fingerprint density at radius 1 is 1.15 bits per heavy atom. The maximum Gasteiger partial charge on any atom is 0.224 e. The predicted octanol–water partition coefficient (Wildman–Crippen LogP) is 2.48. The molecule has 0 saturated heterocycles. The van der Waals surface area contributed by atoms with Crippen molar-refractivity contribution in [2.24, 2.45) is 0 Å². The summed E-state index contributed by atoms with van der Waals surface area (Å²) in [6.45, 7) is 0. The van der Waals surface area contributed by atoms with Crippen molar-refractivity contribution >= 4 is 17.2 Å². The Morgan fingerprint density at radius 2 is 2.12 bits per heavy atom. The van der Waals surface area contributed by atoms with E-state index in [1.165, 1.54) is 6.33 Å². The van der Waals surface area contributed by atoms with Gasteiger partial charge < -0.3 is 5.32 Å². The van der Waals surface area contributed by atoms with Crippen LogP contribution in [0.5, 0.6) is 0 Å². The summed E-state index contributed by atoms with van der Waals surface area (Å²) in [7, 11) is 0. The van der Waals surface area contributed by atoms with Gasteiger partial charge in [-0.05, 0) is 30.7 Å². The molecule has 0 bridgehead atoms. The van der Waals surface area contributed by atoms with Crippen LogP contribution in [0.3, 0.4) is 0 Å². The smallest absolute Gasteiger partial charge is 0.224 e. The van der Waals surface area contributed by atoms with E-state index in [2.05, 4.69) is 30.7 Å². The van der Waals surface area contributed by atoms with Crippen LogP contribution in [-0.4, -0.2) is 35.7 Å². The zero-order chi connectivity index (χ0) is 17.8. The summed E-state index contributed by atoms with van der Waals surface area (Å²) in [4.78, 5) is 16.3. The molecule has 3 heterocycles. The van der Waals surface area contributed by atoms with Crippen molar-refractivity contribution in [3.63, 3.8) is 0 Å². The fourth-order valence-electron chi connectivity index (χ4n) is 2.78. The molecule has 0 atom stereocenters. The van der Waals surface area contributed by atoms with E-state index in [-0.39, 0.29) is 5.91 Å². The fourth-order valence-corrected chi connectivity index (χ4v) is 2.78. The first-order valence-corrected chi connectivity index (χ1v) is 8.34. The average Bonchev–Trinajstić information content (AvgIpc) is 3.32. The normalized spacial score (nSPS) is 10.9. The molecule has 2 N–H and O–H groups in total. The lowest BCUT2D eigenvalue weighted by molar-refractivity contribution is -0.116. The molecule has 8 nitrogen and oxygen atoms in total. The lowest BCUT2D eigenvalue weighted by Crippen LogP contribution is -2.11. The van der Waals surface area contributed by atoms with E-state index < -0.39 is 0 Å². The van der Waals surface area contributed by atoms with Crippen LogP contribution in [0.1, 0.15) is 18.7 Å². The van der Waals surface area contributed by atoms with E-state index >= 15 is 0 Å². The highest BCUT2D eigenvalue weighted by molar-refractivity contribution is 5.91. The number of nitrogens with one attached hydrogen (secondary N) is 2. The summed E-state index contributed by atoms with van der Waals surface area (Å²) in [6, 6.07) is 13.3. The third kappa shape index (κ3) is 3.44. The minimum absolute atomic E-state index is 0.0338. The van der Waals surface area contributed by atoms with Crippen molar-refractivity contribution in [3.05, 3.63) is 60.8 Å². The number of carbonyl (C=O) groups is 1. The van der Waals surface area contributed by atoms with Crippen molar-refractivity contribution in [3.8, 4) is 11.4 Å². The Labute approximate surface area is 149 Å². The van der Waals surface area contributed by atoms with Crippen molar-refractivity contribution in [1.29, 1.82) is 0 Å². The van der Waals surface area contributed by atoms with Gasteiger partial charge in [0.05, 0.1) is 0 Å². The highest BCUT2D eigenvalue weighted by Crippen LogP contribution is 2.19. The van der Waals surface area contributed by atoms with E-state index in [1.807, 2.05) is 53.1 Å². The SMILES string of the molecule is O=C(CCCc1nnc2ccccn12)Nc1cccc(-c2ncn[nH]2)c1. The summed E-state index contributed by atoms with van der Waals surface area (Å²) < 4.78 is 1.94. The maximum atomic E-state index is 12.2. The highest BCUT2D eigenvalue weighted by Gasteiger charge is 2.08. The van der Waals surface area contributed by atoms with Gasteiger partial charge in [0.25, 0.3) is 0 Å². The quantitative estimate of drug-likeness (QED) is 0.558. The zero-order valence-electron chi connectivity index (χ0n) is 14.0. The van der Waals surface area contributed by atoms with Crippen LogP contribution in [0.4, 0.5) is 5.69 Å². The second-order valence-electron chi connectivity index (χ2n) is 5.86. The number of pyridine rings is 1. The van der Waals surface area contributed by atoms with Crippen molar-refractivity contribution in [2.45, 2.75) is 19.3 Å². The number of aromatic amines is 1. The number of amides is 1. The van der Waals surface area contributed by atoms with E-state index in [0.29, 0.717) is 25.1 Å². The van der Waals surface area contributed by atoms with Gasteiger partial charge in [0, 0.05) is 30.3 Å².